The molecule has 1 aromatic rings. The van der Waals surface area contributed by atoms with Crippen molar-refractivity contribution in [1.29, 1.82) is 0 Å². The minimum Gasteiger partial charge on any atom is -0.294 e. The van der Waals surface area contributed by atoms with Crippen LogP contribution in [0.3, 0.4) is 0 Å². The zero-order valence-corrected chi connectivity index (χ0v) is 11.9. The van der Waals surface area contributed by atoms with Gasteiger partial charge in [0.2, 0.25) is 0 Å². The van der Waals surface area contributed by atoms with Gasteiger partial charge >= 0.3 is 0 Å². The molecule has 0 amide bonds. The minimum atomic E-state index is 0.193. The zero-order chi connectivity index (χ0) is 12.1. The molecule has 0 N–H and O–H groups in total. The summed E-state index contributed by atoms with van der Waals surface area (Å²) in [6, 6.07) is 5.33. The van der Waals surface area contributed by atoms with E-state index in [4.69, 9.17) is 11.6 Å². The first-order chi connectivity index (χ1) is 7.54. The number of carbonyl (C=O) groups excluding carboxylic acids is 1. The van der Waals surface area contributed by atoms with E-state index in [1.54, 1.807) is 18.2 Å². The van der Waals surface area contributed by atoms with Crippen molar-refractivity contribution in [2.24, 2.45) is 5.92 Å². The van der Waals surface area contributed by atoms with Gasteiger partial charge in [-0.2, -0.15) is 0 Å². The summed E-state index contributed by atoms with van der Waals surface area (Å²) in [5, 5.41) is 0.637. The molecule has 0 aliphatic carbocycles. The van der Waals surface area contributed by atoms with Gasteiger partial charge in [0, 0.05) is 16.5 Å². The lowest BCUT2D eigenvalue weighted by atomic mass is 9.96. The number of benzene rings is 1. The molecule has 0 aromatic heterocycles. The van der Waals surface area contributed by atoms with Crippen molar-refractivity contribution in [2.75, 3.05) is 0 Å². The molecule has 0 heterocycles. The van der Waals surface area contributed by atoms with E-state index >= 15 is 0 Å². The Labute approximate surface area is 110 Å². The van der Waals surface area contributed by atoms with Gasteiger partial charge in [-0.05, 0) is 40.0 Å². The van der Waals surface area contributed by atoms with Crippen LogP contribution in [-0.4, -0.2) is 5.78 Å². The molecular formula is C13H16BrClO. The van der Waals surface area contributed by atoms with Crippen LogP contribution in [0, 0.1) is 5.92 Å². The summed E-state index contributed by atoms with van der Waals surface area (Å²) in [6.45, 7) is 4.26. The van der Waals surface area contributed by atoms with Crippen LogP contribution in [0.25, 0.3) is 0 Å². The normalized spacial score (nSPS) is 12.5. The summed E-state index contributed by atoms with van der Waals surface area (Å²) in [7, 11) is 0. The van der Waals surface area contributed by atoms with Gasteiger partial charge in [-0.15, -0.1) is 0 Å². The largest absolute Gasteiger partial charge is 0.294 e. The van der Waals surface area contributed by atoms with Gasteiger partial charge in [-0.1, -0.05) is 38.3 Å². The average molecular weight is 304 g/mol. The lowest BCUT2D eigenvalue weighted by Gasteiger charge is -2.09. The van der Waals surface area contributed by atoms with Crippen molar-refractivity contribution in [3.63, 3.8) is 0 Å². The Morgan fingerprint density at radius 2 is 2.19 bits per heavy atom. The Morgan fingerprint density at radius 1 is 1.50 bits per heavy atom. The van der Waals surface area contributed by atoms with Crippen molar-refractivity contribution in [2.45, 2.75) is 33.1 Å². The second kappa shape index (κ2) is 6.41. The second-order valence-corrected chi connectivity index (χ2v) is 5.41. The number of carbonyl (C=O) groups is 1. The van der Waals surface area contributed by atoms with Crippen molar-refractivity contribution in [1.82, 2.24) is 0 Å². The molecule has 1 aromatic carbocycles. The van der Waals surface area contributed by atoms with Crippen molar-refractivity contribution in [3.05, 3.63) is 33.3 Å². The third-order valence-electron chi connectivity index (χ3n) is 2.56. The molecular weight excluding hydrogens is 287 g/mol. The summed E-state index contributed by atoms with van der Waals surface area (Å²) >= 11 is 9.21. The third kappa shape index (κ3) is 3.91. The molecule has 0 aliphatic heterocycles. The second-order valence-electron chi connectivity index (χ2n) is 4.15. The fourth-order valence-electron chi connectivity index (χ4n) is 1.70. The average Bonchev–Trinajstić information content (AvgIpc) is 2.22. The Kier molecular flexibility index (Phi) is 5.50. The summed E-state index contributed by atoms with van der Waals surface area (Å²) in [4.78, 5) is 11.9. The molecule has 0 radical (unpaired) electrons. The van der Waals surface area contributed by atoms with Gasteiger partial charge in [-0.25, -0.2) is 0 Å². The predicted octanol–water partition coefficient (Wildman–Crippen LogP) is 5.11. The van der Waals surface area contributed by atoms with E-state index in [1.807, 2.05) is 0 Å². The van der Waals surface area contributed by atoms with Gasteiger partial charge in [0.25, 0.3) is 0 Å². The van der Waals surface area contributed by atoms with Crippen LogP contribution in [0.1, 0.15) is 43.5 Å². The molecule has 1 rings (SSSR count). The monoisotopic (exact) mass is 302 g/mol. The number of rotatable bonds is 5. The van der Waals surface area contributed by atoms with Crippen molar-refractivity contribution < 1.29 is 4.79 Å². The van der Waals surface area contributed by atoms with Crippen molar-refractivity contribution in [3.8, 4) is 0 Å². The summed E-state index contributed by atoms with van der Waals surface area (Å²) in [5.41, 5.74) is 0.735. The van der Waals surface area contributed by atoms with Gasteiger partial charge in [0.05, 0.1) is 5.02 Å². The van der Waals surface area contributed by atoms with E-state index in [0.29, 0.717) is 17.4 Å². The van der Waals surface area contributed by atoms with Crippen LogP contribution in [0.2, 0.25) is 5.02 Å². The van der Waals surface area contributed by atoms with E-state index in [9.17, 15) is 4.79 Å². The number of Topliss-reactive ketones (excluding diaryl/α,β-unsaturated/α-hetero) is 1. The molecule has 88 valence electrons. The van der Waals surface area contributed by atoms with E-state index in [2.05, 4.69) is 29.8 Å². The Bertz CT molecular complexity index is 376. The van der Waals surface area contributed by atoms with E-state index in [1.165, 1.54) is 0 Å². The number of ketones is 1. The van der Waals surface area contributed by atoms with Gasteiger partial charge in [0.15, 0.2) is 5.78 Å². The van der Waals surface area contributed by atoms with Gasteiger partial charge < -0.3 is 0 Å². The van der Waals surface area contributed by atoms with Gasteiger partial charge in [0.1, 0.15) is 0 Å². The number of hydrogen-bond acceptors (Lipinski definition) is 1. The molecule has 0 fully saturated rings. The first-order valence-corrected chi connectivity index (χ1v) is 6.70. The Balaban J connectivity index is 2.69. The van der Waals surface area contributed by atoms with Crippen LogP contribution >= 0.6 is 27.5 Å². The van der Waals surface area contributed by atoms with Crippen LogP contribution in [0.4, 0.5) is 0 Å². The van der Waals surface area contributed by atoms with E-state index < -0.39 is 0 Å². The maximum atomic E-state index is 11.9. The summed E-state index contributed by atoms with van der Waals surface area (Å²) < 4.78 is 0.781. The maximum absolute atomic E-state index is 11.9. The van der Waals surface area contributed by atoms with Crippen molar-refractivity contribution >= 4 is 33.3 Å². The highest BCUT2D eigenvalue weighted by atomic mass is 79.9. The van der Waals surface area contributed by atoms with Crippen LogP contribution in [0.15, 0.2) is 22.7 Å². The summed E-state index contributed by atoms with van der Waals surface area (Å²) in [5.74, 6) is 0.644. The van der Waals surface area contributed by atoms with Crippen LogP contribution in [0.5, 0.6) is 0 Å². The zero-order valence-electron chi connectivity index (χ0n) is 9.59. The van der Waals surface area contributed by atoms with Gasteiger partial charge in [-0.3, -0.25) is 4.79 Å². The van der Waals surface area contributed by atoms with E-state index in [-0.39, 0.29) is 5.78 Å². The van der Waals surface area contributed by atoms with Crippen LogP contribution < -0.4 is 0 Å². The minimum absolute atomic E-state index is 0.193. The molecule has 1 unspecified atom stereocenters. The lowest BCUT2D eigenvalue weighted by Crippen LogP contribution is -2.05. The fourth-order valence-corrected chi connectivity index (χ4v) is 2.20. The van der Waals surface area contributed by atoms with Crippen LogP contribution in [-0.2, 0) is 0 Å². The topological polar surface area (TPSA) is 17.1 Å². The quantitative estimate of drug-likeness (QED) is 0.691. The molecule has 0 spiro atoms. The Hall–Kier alpha value is -0.340. The Morgan fingerprint density at radius 3 is 2.75 bits per heavy atom. The first-order valence-electron chi connectivity index (χ1n) is 5.52. The molecule has 0 bridgehead atoms. The number of hydrogen-bond donors (Lipinski definition) is 0. The molecule has 0 saturated carbocycles. The fraction of sp³-hybridized carbons (Fsp3) is 0.462. The maximum Gasteiger partial charge on any atom is 0.163 e. The molecule has 1 atom stereocenters. The first kappa shape index (κ1) is 13.7. The number of halogens is 2. The predicted molar refractivity (Wildman–Crippen MR) is 72.2 cm³/mol. The highest BCUT2D eigenvalue weighted by Gasteiger charge is 2.11. The highest BCUT2D eigenvalue weighted by Crippen LogP contribution is 2.24. The highest BCUT2D eigenvalue weighted by molar-refractivity contribution is 9.10. The third-order valence-corrected chi connectivity index (χ3v) is 3.77. The lowest BCUT2D eigenvalue weighted by molar-refractivity contribution is 0.0962. The smallest absolute Gasteiger partial charge is 0.163 e. The molecule has 1 nitrogen and oxygen atoms in total. The molecule has 0 saturated heterocycles. The van der Waals surface area contributed by atoms with E-state index in [0.717, 1.165) is 22.9 Å². The SMILES string of the molecule is CCCC(C)CC(=O)c1ccc(Cl)c(Br)c1. The molecule has 3 heteroatoms. The molecule has 0 aliphatic rings. The molecule has 16 heavy (non-hydrogen) atoms. The standard InChI is InChI=1S/C13H16BrClO/c1-3-4-9(2)7-13(16)10-5-6-12(15)11(14)8-10/h5-6,8-9H,3-4,7H2,1-2H3. The summed E-state index contributed by atoms with van der Waals surface area (Å²) in [6.07, 6.45) is 2.83.